The summed E-state index contributed by atoms with van der Waals surface area (Å²) in [5.74, 6) is -0.106. The van der Waals surface area contributed by atoms with Gasteiger partial charge in [0.1, 0.15) is 11.3 Å². The Hall–Kier alpha value is -1.84. The first-order valence-corrected chi connectivity index (χ1v) is 8.15. The van der Waals surface area contributed by atoms with E-state index in [4.69, 9.17) is 9.47 Å². The van der Waals surface area contributed by atoms with Gasteiger partial charge in [0.2, 0.25) is 0 Å². The zero-order chi connectivity index (χ0) is 17.2. The van der Waals surface area contributed by atoms with Crippen molar-refractivity contribution in [1.82, 2.24) is 10.6 Å². The van der Waals surface area contributed by atoms with Crippen LogP contribution in [-0.2, 0) is 4.74 Å². The third-order valence-electron chi connectivity index (χ3n) is 3.01. The number of ether oxygens (including phenoxy) is 2. The van der Waals surface area contributed by atoms with Crippen molar-refractivity contribution >= 4 is 23.4 Å². The highest BCUT2D eigenvalue weighted by molar-refractivity contribution is 7.98. The molecular formula is C14H21N3O5S. The summed E-state index contributed by atoms with van der Waals surface area (Å²) in [6.45, 7) is 2.16. The molecule has 0 aliphatic carbocycles. The highest BCUT2D eigenvalue weighted by atomic mass is 32.2. The second-order valence-corrected chi connectivity index (χ2v) is 5.33. The molecule has 0 saturated heterocycles. The van der Waals surface area contributed by atoms with Gasteiger partial charge in [0.15, 0.2) is 0 Å². The number of nitro groups is 1. The van der Waals surface area contributed by atoms with Crippen LogP contribution in [0.3, 0.4) is 0 Å². The van der Waals surface area contributed by atoms with Crippen LogP contribution in [-0.4, -0.2) is 57.5 Å². The molecule has 0 atom stereocenters. The van der Waals surface area contributed by atoms with E-state index in [-0.39, 0.29) is 11.3 Å². The topological polar surface area (TPSA) is 103 Å². The van der Waals surface area contributed by atoms with Gasteiger partial charge in [-0.15, -0.1) is 11.8 Å². The van der Waals surface area contributed by atoms with Crippen LogP contribution < -0.4 is 15.4 Å². The quantitative estimate of drug-likeness (QED) is 0.286. The number of methoxy groups -OCH3 is 2. The molecule has 1 aromatic rings. The Morgan fingerprint density at radius 1 is 1.30 bits per heavy atom. The zero-order valence-electron chi connectivity index (χ0n) is 13.4. The van der Waals surface area contributed by atoms with E-state index in [2.05, 4.69) is 10.6 Å². The molecular weight excluding hydrogens is 322 g/mol. The maximum atomic E-state index is 12.2. The number of carbonyl (C=O) groups is 1. The highest BCUT2D eigenvalue weighted by Gasteiger charge is 2.23. The van der Waals surface area contributed by atoms with Crippen LogP contribution in [0.15, 0.2) is 17.0 Å². The largest absolute Gasteiger partial charge is 0.495 e. The SMILES string of the molecule is COCCNCCNC(=O)c1cc(SC)c(OC)cc1[N+](=O)[O-]. The second kappa shape index (κ2) is 10.0. The van der Waals surface area contributed by atoms with Gasteiger partial charge < -0.3 is 20.1 Å². The van der Waals surface area contributed by atoms with E-state index in [0.717, 1.165) is 0 Å². The van der Waals surface area contributed by atoms with Gasteiger partial charge in [-0.2, -0.15) is 0 Å². The molecule has 1 aromatic carbocycles. The molecule has 0 radical (unpaired) electrons. The Labute approximate surface area is 139 Å². The maximum Gasteiger partial charge on any atom is 0.285 e. The van der Waals surface area contributed by atoms with E-state index in [0.29, 0.717) is 36.9 Å². The van der Waals surface area contributed by atoms with Crippen molar-refractivity contribution in [3.05, 3.63) is 27.8 Å². The molecule has 128 valence electrons. The van der Waals surface area contributed by atoms with Crippen molar-refractivity contribution in [2.75, 3.05) is 46.7 Å². The normalized spacial score (nSPS) is 10.4. The number of nitro benzene ring substituents is 1. The first kappa shape index (κ1) is 19.2. The summed E-state index contributed by atoms with van der Waals surface area (Å²) in [4.78, 5) is 23.5. The summed E-state index contributed by atoms with van der Waals surface area (Å²) in [5, 5.41) is 16.9. The van der Waals surface area contributed by atoms with E-state index >= 15 is 0 Å². The molecule has 9 heteroatoms. The monoisotopic (exact) mass is 343 g/mol. The molecule has 8 nitrogen and oxygen atoms in total. The van der Waals surface area contributed by atoms with E-state index in [1.807, 2.05) is 6.26 Å². The predicted molar refractivity (Wildman–Crippen MR) is 88.5 cm³/mol. The minimum absolute atomic E-state index is 0.0250. The maximum absolute atomic E-state index is 12.2. The molecule has 23 heavy (non-hydrogen) atoms. The minimum Gasteiger partial charge on any atom is -0.495 e. The molecule has 0 aliphatic heterocycles. The number of thioether (sulfide) groups is 1. The van der Waals surface area contributed by atoms with Crippen LogP contribution in [0.4, 0.5) is 5.69 Å². The summed E-state index contributed by atoms with van der Waals surface area (Å²) in [6.07, 6.45) is 1.81. The van der Waals surface area contributed by atoms with Crippen molar-refractivity contribution in [2.45, 2.75) is 4.90 Å². The Balaban J connectivity index is 2.80. The smallest absolute Gasteiger partial charge is 0.285 e. The molecule has 0 unspecified atom stereocenters. The lowest BCUT2D eigenvalue weighted by Gasteiger charge is -2.10. The van der Waals surface area contributed by atoms with Gasteiger partial charge in [-0.3, -0.25) is 14.9 Å². The number of nitrogens with one attached hydrogen (secondary N) is 2. The van der Waals surface area contributed by atoms with Gasteiger partial charge >= 0.3 is 0 Å². The molecule has 1 rings (SSSR count). The Morgan fingerprint density at radius 3 is 2.61 bits per heavy atom. The second-order valence-electron chi connectivity index (χ2n) is 4.48. The first-order chi connectivity index (χ1) is 11.0. The molecule has 2 N–H and O–H groups in total. The molecule has 0 bridgehead atoms. The summed E-state index contributed by atoms with van der Waals surface area (Å²) in [6, 6.07) is 2.76. The van der Waals surface area contributed by atoms with Gasteiger partial charge in [0, 0.05) is 26.7 Å². The van der Waals surface area contributed by atoms with Gasteiger partial charge in [-0.25, -0.2) is 0 Å². The molecule has 0 aliphatic rings. The highest BCUT2D eigenvalue weighted by Crippen LogP contribution is 2.34. The van der Waals surface area contributed by atoms with E-state index in [1.165, 1.54) is 31.0 Å². The standard InChI is InChI=1S/C14H21N3O5S/c1-21-7-6-15-4-5-16-14(18)10-8-13(23-3)12(22-2)9-11(10)17(19)20/h8-9,15H,4-7H2,1-3H3,(H,16,18). The molecule has 1 amide bonds. The van der Waals surface area contributed by atoms with Crippen molar-refractivity contribution in [3.8, 4) is 5.75 Å². The molecule has 0 aromatic heterocycles. The number of carbonyl (C=O) groups excluding carboxylic acids is 1. The van der Waals surface area contributed by atoms with E-state index < -0.39 is 10.8 Å². The van der Waals surface area contributed by atoms with Gasteiger partial charge in [-0.1, -0.05) is 0 Å². The lowest BCUT2D eigenvalue weighted by Crippen LogP contribution is -2.33. The fourth-order valence-corrected chi connectivity index (χ4v) is 2.44. The molecule has 0 saturated carbocycles. The first-order valence-electron chi connectivity index (χ1n) is 6.93. The Bertz CT molecular complexity index is 553. The van der Waals surface area contributed by atoms with Gasteiger partial charge in [-0.05, 0) is 12.3 Å². The molecule has 0 heterocycles. The fourth-order valence-electron chi connectivity index (χ4n) is 1.86. The van der Waals surface area contributed by atoms with Crippen LogP contribution >= 0.6 is 11.8 Å². The average molecular weight is 343 g/mol. The zero-order valence-corrected chi connectivity index (χ0v) is 14.2. The number of hydrogen-bond acceptors (Lipinski definition) is 7. The Kier molecular flexibility index (Phi) is 8.38. The average Bonchev–Trinajstić information content (AvgIpc) is 2.56. The predicted octanol–water partition coefficient (Wildman–Crippen LogP) is 1.29. The number of hydrogen-bond donors (Lipinski definition) is 2. The summed E-state index contributed by atoms with van der Waals surface area (Å²) in [7, 11) is 3.04. The van der Waals surface area contributed by atoms with Crippen molar-refractivity contribution in [1.29, 1.82) is 0 Å². The summed E-state index contributed by atoms with van der Waals surface area (Å²) >= 11 is 1.36. The number of rotatable bonds is 10. The third kappa shape index (κ3) is 5.70. The summed E-state index contributed by atoms with van der Waals surface area (Å²) in [5.41, 5.74) is -0.249. The third-order valence-corrected chi connectivity index (χ3v) is 3.77. The van der Waals surface area contributed by atoms with Crippen LogP contribution in [0.5, 0.6) is 5.75 Å². The van der Waals surface area contributed by atoms with Gasteiger partial charge in [0.25, 0.3) is 11.6 Å². The van der Waals surface area contributed by atoms with Crippen LogP contribution in [0.25, 0.3) is 0 Å². The number of nitrogens with zero attached hydrogens (tertiary/aromatic N) is 1. The van der Waals surface area contributed by atoms with E-state index in [9.17, 15) is 14.9 Å². The molecule has 0 fully saturated rings. The van der Waals surface area contributed by atoms with Crippen molar-refractivity contribution < 1.29 is 19.2 Å². The fraction of sp³-hybridized carbons (Fsp3) is 0.500. The number of benzene rings is 1. The van der Waals surface area contributed by atoms with Crippen molar-refractivity contribution in [3.63, 3.8) is 0 Å². The van der Waals surface area contributed by atoms with Crippen LogP contribution in [0.2, 0.25) is 0 Å². The van der Waals surface area contributed by atoms with Crippen LogP contribution in [0, 0.1) is 10.1 Å². The number of amides is 1. The lowest BCUT2D eigenvalue weighted by molar-refractivity contribution is -0.385. The van der Waals surface area contributed by atoms with Crippen molar-refractivity contribution in [2.24, 2.45) is 0 Å². The van der Waals surface area contributed by atoms with Crippen LogP contribution in [0.1, 0.15) is 10.4 Å². The minimum atomic E-state index is -0.585. The Morgan fingerprint density at radius 2 is 2.04 bits per heavy atom. The summed E-state index contributed by atoms with van der Waals surface area (Å²) < 4.78 is 10.0. The van der Waals surface area contributed by atoms with Gasteiger partial charge in [0.05, 0.1) is 29.6 Å². The lowest BCUT2D eigenvalue weighted by atomic mass is 10.1. The molecule has 0 spiro atoms. The van der Waals surface area contributed by atoms with E-state index in [1.54, 1.807) is 7.11 Å².